The average molecular weight is 373 g/mol. The van der Waals surface area contributed by atoms with Gasteiger partial charge in [-0.2, -0.15) is 0 Å². The molecule has 3 rings (SSSR count). The first-order valence-electron chi connectivity index (χ1n) is 8.50. The molecule has 0 saturated carbocycles. The van der Waals surface area contributed by atoms with Crippen molar-refractivity contribution in [1.82, 2.24) is 9.55 Å². The van der Waals surface area contributed by atoms with Crippen molar-refractivity contribution in [3.63, 3.8) is 0 Å². The fraction of sp³-hybridized carbons (Fsp3) is 0.300. The molecule has 0 amide bonds. The van der Waals surface area contributed by atoms with Gasteiger partial charge in [-0.1, -0.05) is 56.3 Å². The third kappa shape index (κ3) is 3.60. The second-order valence-corrected chi connectivity index (χ2v) is 7.70. The number of hydrogen-bond acceptors (Lipinski definition) is 3. The predicted molar refractivity (Wildman–Crippen MR) is 107 cm³/mol. The monoisotopic (exact) mass is 372 g/mol. The number of fused-ring (bicyclic) bond motifs is 1. The third-order valence-corrected chi connectivity index (χ3v) is 5.46. The van der Waals surface area contributed by atoms with E-state index in [1.54, 1.807) is 34.5 Å². The van der Waals surface area contributed by atoms with Gasteiger partial charge >= 0.3 is 0 Å². The van der Waals surface area contributed by atoms with Crippen LogP contribution in [0.4, 0.5) is 0 Å². The van der Waals surface area contributed by atoms with Crippen LogP contribution in [-0.2, 0) is 0 Å². The summed E-state index contributed by atoms with van der Waals surface area (Å²) in [4.78, 5) is 17.8. The zero-order valence-corrected chi connectivity index (χ0v) is 16.2. The van der Waals surface area contributed by atoms with Crippen LogP contribution in [0, 0.1) is 0 Å². The van der Waals surface area contributed by atoms with Gasteiger partial charge in [0.2, 0.25) is 0 Å². The summed E-state index contributed by atoms with van der Waals surface area (Å²) in [5, 5.41) is 1.86. The Bertz CT molecular complexity index is 950. The highest BCUT2D eigenvalue weighted by atomic mass is 35.5. The molecule has 5 heteroatoms. The van der Waals surface area contributed by atoms with Crippen molar-refractivity contribution >= 4 is 34.3 Å². The van der Waals surface area contributed by atoms with Crippen molar-refractivity contribution in [2.45, 2.75) is 38.3 Å². The Kier molecular flexibility index (Phi) is 5.50. The molecule has 0 radical (unpaired) electrons. The van der Waals surface area contributed by atoms with Crippen LogP contribution in [0.25, 0.3) is 16.6 Å². The summed E-state index contributed by atoms with van der Waals surface area (Å²) < 4.78 is 1.70. The van der Waals surface area contributed by atoms with E-state index in [0.29, 0.717) is 27.0 Å². The normalized spacial score (nSPS) is 12.5. The molecule has 2 aromatic carbocycles. The summed E-state index contributed by atoms with van der Waals surface area (Å²) in [7, 11) is 0. The molecule has 25 heavy (non-hydrogen) atoms. The lowest BCUT2D eigenvalue weighted by atomic mass is 9.98. The van der Waals surface area contributed by atoms with E-state index in [1.807, 2.05) is 12.1 Å². The summed E-state index contributed by atoms with van der Waals surface area (Å²) >= 11 is 7.62. The fourth-order valence-corrected chi connectivity index (χ4v) is 3.68. The van der Waals surface area contributed by atoms with E-state index in [9.17, 15) is 4.79 Å². The van der Waals surface area contributed by atoms with Crippen molar-refractivity contribution < 1.29 is 0 Å². The SMILES string of the molecule is CCSc1nc2cc(Cl)ccc2c(=O)n1-c1ccc(C(C)CC)cc1. The molecule has 130 valence electrons. The number of rotatable bonds is 5. The molecule has 1 heterocycles. The fourth-order valence-electron chi connectivity index (χ4n) is 2.78. The summed E-state index contributed by atoms with van der Waals surface area (Å²) in [6, 6.07) is 13.4. The number of hydrogen-bond donors (Lipinski definition) is 0. The summed E-state index contributed by atoms with van der Waals surface area (Å²) in [5.74, 6) is 1.34. The molecule has 0 N–H and O–H groups in total. The largest absolute Gasteiger partial charge is 0.268 e. The lowest BCUT2D eigenvalue weighted by molar-refractivity contribution is 0.732. The van der Waals surface area contributed by atoms with E-state index in [4.69, 9.17) is 11.6 Å². The van der Waals surface area contributed by atoms with Gasteiger partial charge in [0.25, 0.3) is 5.56 Å². The van der Waals surface area contributed by atoms with Crippen molar-refractivity contribution in [2.24, 2.45) is 0 Å². The van der Waals surface area contributed by atoms with Crippen molar-refractivity contribution in [3.05, 3.63) is 63.4 Å². The second kappa shape index (κ2) is 7.63. The number of benzene rings is 2. The maximum atomic E-state index is 13.1. The Morgan fingerprint density at radius 1 is 1.16 bits per heavy atom. The van der Waals surface area contributed by atoms with Crippen LogP contribution < -0.4 is 5.56 Å². The van der Waals surface area contributed by atoms with E-state index < -0.39 is 0 Å². The zero-order valence-electron chi connectivity index (χ0n) is 14.6. The van der Waals surface area contributed by atoms with Gasteiger partial charge in [0.05, 0.1) is 16.6 Å². The maximum Gasteiger partial charge on any atom is 0.266 e. The van der Waals surface area contributed by atoms with Crippen molar-refractivity contribution in [3.8, 4) is 5.69 Å². The van der Waals surface area contributed by atoms with Crippen LogP contribution in [0.5, 0.6) is 0 Å². The van der Waals surface area contributed by atoms with Crippen molar-refractivity contribution in [1.29, 1.82) is 0 Å². The first-order chi connectivity index (χ1) is 12.0. The van der Waals surface area contributed by atoms with Gasteiger partial charge in [0, 0.05) is 5.02 Å². The highest BCUT2D eigenvalue weighted by Crippen LogP contribution is 2.24. The highest BCUT2D eigenvalue weighted by Gasteiger charge is 2.13. The average Bonchev–Trinajstić information content (AvgIpc) is 2.61. The van der Waals surface area contributed by atoms with E-state index >= 15 is 0 Å². The Morgan fingerprint density at radius 2 is 1.88 bits per heavy atom. The molecule has 0 saturated heterocycles. The topological polar surface area (TPSA) is 34.9 Å². The first-order valence-corrected chi connectivity index (χ1v) is 9.87. The Balaban J connectivity index is 2.20. The second-order valence-electron chi connectivity index (χ2n) is 6.03. The predicted octanol–water partition coefficient (Wildman–Crippen LogP) is 5.66. The van der Waals surface area contributed by atoms with Gasteiger partial charge in [0.15, 0.2) is 5.16 Å². The van der Waals surface area contributed by atoms with Gasteiger partial charge in [-0.3, -0.25) is 9.36 Å². The summed E-state index contributed by atoms with van der Waals surface area (Å²) in [5.41, 5.74) is 2.71. The number of nitrogens with zero attached hydrogens (tertiary/aromatic N) is 2. The van der Waals surface area contributed by atoms with Gasteiger partial charge < -0.3 is 0 Å². The van der Waals surface area contributed by atoms with Gasteiger partial charge in [0.1, 0.15) is 0 Å². The Hall–Kier alpha value is -1.78. The molecule has 1 aromatic heterocycles. The molecule has 1 atom stereocenters. The van der Waals surface area contributed by atoms with Crippen LogP contribution in [0.3, 0.4) is 0 Å². The van der Waals surface area contributed by atoms with E-state index in [-0.39, 0.29) is 5.56 Å². The van der Waals surface area contributed by atoms with Crippen LogP contribution in [0.15, 0.2) is 52.4 Å². The van der Waals surface area contributed by atoms with Crippen molar-refractivity contribution in [2.75, 3.05) is 5.75 Å². The number of thioether (sulfide) groups is 1. The number of halogens is 1. The molecular weight excluding hydrogens is 352 g/mol. The lowest BCUT2D eigenvalue weighted by Gasteiger charge is -2.14. The van der Waals surface area contributed by atoms with Crippen LogP contribution >= 0.6 is 23.4 Å². The molecule has 3 aromatic rings. The summed E-state index contributed by atoms with van der Waals surface area (Å²) in [6.45, 7) is 6.44. The molecule has 0 aliphatic rings. The van der Waals surface area contributed by atoms with Gasteiger partial charge in [-0.15, -0.1) is 0 Å². The molecule has 0 bridgehead atoms. The first kappa shape index (κ1) is 18.0. The maximum absolute atomic E-state index is 13.1. The highest BCUT2D eigenvalue weighted by molar-refractivity contribution is 7.99. The lowest BCUT2D eigenvalue weighted by Crippen LogP contribution is -2.21. The minimum Gasteiger partial charge on any atom is -0.268 e. The zero-order chi connectivity index (χ0) is 18.0. The number of aromatic nitrogens is 2. The Morgan fingerprint density at radius 3 is 2.52 bits per heavy atom. The Labute approximate surface area is 157 Å². The quantitative estimate of drug-likeness (QED) is 0.428. The van der Waals surface area contributed by atoms with E-state index in [2.05, 4.69) is 37.9 Å². The van der Waals surface area contributed by atoms with E-state index in [0.717, 1.165) is 17.9 Å². The standard InChI is InChI=1S/C20H21ClN2OS/c1-4-13(3)14-6-9-16(10-7-14)23-19(24)17-11-8-15(21)12-18(17)22-20(23)25-5-2/h6-13H,4-5H2,1-3H3. The van der Waals surface area contributed by atoms with Crippen LogP contribution in [0.1, 0.15) is 38.7 Å². The smallest absolute Gasteiger partial charge is 0.266 e. The molecule has 1 unspecified atom stereocenters. The molecule has 3 nitrogen and oxygen atoms in total. The molecule has 0 aliphatic carbocycles. The van der Waals surface area contributed by atoms with Crippen LogP contribution in [0.2, 0.25) is 5.02 Å². The molecule has 0 fully saturated rings. The molecule has 0 aliphatic heterocycles. The summed E-state index contributed by atoms with van der Waals surface area (Å²) in [6.07, 6.45) is 1.09. The van der Waals surface area contributed by atoms with Crippen LogP contribution in [-0.4, -0.2) is 15.3 Å². The minimum atomic E-state index is -0.0612. The van der Waals surface area contributed by atoms with E-state index in [1.165, 1.54) is 5.56 Å². The minimum absolute atomic E-state index is 0.0612. The molecule has 0 spiro atoms. The van der Waals surface area contributed by atoms with Gasteiger partial charge in [-0.25, -0.2) is 4.98 Å². The molecular formula is C20H21ClN2OS. The third-order valence-electron chi connectivity index (χ3n) is 4.41. The van der Waals surface area contributed by atoms with Gasteiger partial charge in [-0.05, 0) is 54.0 Å².